The summed E-state index contributed by atoms with van der Waals surface area (Å²) >= 11 is 0. The lowest BCUT2D eigenvalue weighted by atomic mass is 9.98. The topological polar surface area (TPSA) is 95.9 Å². The van der Waals surface area contributed by atoms with Crippen LogP contribution in [0.4, 0.5) is 4.79 Å². The highest BCUT2D eigenvalue weighted by Gasteiger charge is 2.31. The molecule has 180 valence electrons. The average molecular weight is 465 g/mol. The summed E-state index contributed by atoms with van der Waals surface area (Å²) in [7, 11) is 1.64. The number of benzene rings is 2. The van der Waals surface area contributed by atoms with Crippen LogP contribution in [-0.4, -0.2) is 54.2 Å². The van der Waals surface area contributed by atoms with Crippen molar-refractivity contribution in [1.82, 2.24) is 10.2 Å². The minimum Gasteiger partial charge on any atom is -0.481 e. The molecule has 2 aliphatic carbocycles. The minimum absolute atomic E-state index is 0.0169. The Bertz CT molecular complexity index is 1020. The maximum Gasteiger partial charge on any atom is 0.407 e. The number of carbonyl (C=O) groups excluding carboxylic acids is 2. The summed E-state index contributed by atoms with van der Waals surface area (Å²) in [5.41, 5.74) is 4.74. The monoisotopic (exact) mass is 464 g/mol. The molecule has 34 heavy (non-hydrogen) atoms. The molecular formula is C27H32N2O5. The van der Waals surface area contributed by atoms with E-state index in [1.165, 1.54) is 27.2 Å². The molecular weight excluding hydrogens is 432 g/mol. The molecule has 0 aromatic heterocycles. The number of carbonyl (C=O) groups is 3. The Kier molecular flexibility index (Phi) is 7.20. The molecule has 0 saturated heterocycles. The Morgan fingerprint density at radius 3 is 2.29 bits per heavy atom. The Morgan fingerprint density at radius 1 is 1.06 bits per heavy atom. The molecule has 2 amide bonds. The van der Waals surface area contributed by atoms with E-state index in [0.717, 1.165) is 19.3 Å². The Labute approximate surface area is 200 Å². The second-order valence-electron chi connectivity index (χ2n) is 9.56. The predicted molar refractivity (Wildman–Crippen MR) is 128 cm³/mol. The molecule has 2 aliphatic rings. The maximum atomic E-state index is 12.5. The van der Waals surface area contributed by atoms with E-state index in [4.69, 9.17) is 9.84 Å². The summed E-state index contributed by atoms with van der Waals surface area (Å²) in [6, 6.07) is 16.4. The molecule has 0 spiro atoms. The number of ether oxygens (including phenoxy) is 1. The van der Waals surface area contributed by atoms with Gasteiger partial charge in [0.2, 0.25) is 5.91 Å². The highest BCUT2D eigenvalue weighted by Crippen LogP contribution is 2.44. The van der Waals surface area contributed by atoms with Gasteiger partial charge in [0.05, 0.1) is 5.92 Å². The van der Waals surface area contributed by atoms with Gasteiger partial charge < -0.3 is 20.1 Å². The molecule has 2 aromatic rings. The average Bonchev–Trinajstić information content (AvgIpc) is 3.39. The zero-order chi connectivity index (χ0) is 24.2. The van der Waals surface area contributed by atoms with Gasteiger partial charge in [-0.1, -0.05) is 55.5 Å². The number of carboxylic acid groups (broad SMARTS) is 1. The number of alkyl carbamates (subject to hydrolysis) is 1. The molecule has 1 saturated carbocycles. The normalized spacial score (nSPS) is 19.7. The SMILES string of the molecule is CC(CN(C)C(=O)C[C@H]1CC[C@@H](NC(=O)OCC2c3ccccc3-c3ccccc32)C1)C(=O)O. The Hall–Kier alpha value is -3.35. The number of fused-ring (bicyclic) bond motifs is 3. The number of aliphatic carboxylic acids is 1. The largest absolute Gasteiger partial charge is 0.481 e. The first-order valence-corrected chi connectivity index (χ1v) is 11.9. The van der Waals surface area contributed by atoms with Crippen LogP contribution in [0.3, 0.4) is 0 Å². The zero-order valence-electron chi connectivity index (χ0n) is 19.7. The standard InChI is InChI=1S/C27H32N2O5/c1-17(26(31)32)15-29(2)25(30)14-18-11-12-19(13-18)28-27(33)34-16-24-22-9-5-3-7-20(22)21-8-4-6-10-23(21)24/h3-10,17-19,24H,11-16H2,1-2H3,(H,28,33)(H,31,32)/t17?,18-,19+/m0/s1. The molecule has 2 aromatic carbocycles. The Balaban J connectivity index is 1.25. The third-order valence-corrected chi connectivity index (χ3v) is 7.07. The van der Waals surface area contributed by atoms with Crippen LogP contribution in [0.25, 0.3) is 11.1 Å². The third-order valence-electron chi connectivity index (χ3n) is 7.07. The van der Waals surface area contributed by atoms with Crippen molar-refractivity contribution in [1.29, 1.82) is 0 Å². The van der Waals surface area contributed by atoms with E-state index >= 15 is 0 Å². The van der Waals surface area contributed by atoms with Crippen molar-refractivity contribution in [3.8, 4) is 11.1 Å². The van der Waals surface area contributed by atoms with Gasteiger partial charge in [-0.15, -0.1) is 0 Å². The van der Waals surface area contributed by atoms with Crippen molar-refractivity contribution in [2.24, 2.45) is 11.8 Å². The van der Waals surface area contributed by atoms with E-state index < -0.39 is 18.0 Å². The molecule has 1 fully saturated rings. The fourth-order valence-corrected chi connectivity index (χ4v) is 5.19. The van der Waals surface area contributed by atoms with Gasteiger partial charge in [-0.2, -0.15) is 0 Å². The van der Waals surface area contributed by atoms with Crippen molar-refractivity contribution < 1.29 is 24.2 Å². The van der Waals surface area contributed by atoms with Crippen molar-refractivity contribution in [2.75, 3.05) is 20.2 Å². The van der Waals surface area contributed by atoms with Crippen molar-refractivity contribution >= 4 is 18.0 Å². The summed E-state index contributed by atoms with van der Waals surface area (Å²) in [5, 5.41) is 12.0. The number of hydrogen-bond donors (Lipinski definition) is 2. The van der Waals surface area contributed by atoms with Crippen LogP contribution in [0.2, 0.25) is 0 Å². The number of rotatable bonds is 8. The Morgan fingerprint density at radius 2 is 1.68 bits per heavy atom. The van der Waals surface area contributed by atoms with Crippen LogP contribution in [0.15, 0.2) is 48.5 Å². The number of hydrogen-bond acceptors (Lipinski definition) is 4. The zero-order valence-corrected chi connectivity index (χ0v) is 19.7. The maximum absolute atomic E-state index is 12.5. The van der Waals surface area contributed by atoms with E-state index in [9.17, 15) is 14.4 Å². The van der Waals surface area contributed by atoms with Crippen LogP contribution in [0.5, 0.6) is 0 Å². The van der Waals surface area contributed by atoms with E-state index in [0.29, 0.717) is 6.42 Å². The molecule has 7 heteroatoms. The van der Waals surface area contributed by atoms with Gasteiger partial charge in [0.1, 0.15) is 6.61 Å². The smallest absolute Gasteiger partial charge is 0.407 e. The summed E-state index contributed by atoms with van der Waals surface area (Å²) in [4.78, 5) is 37.5. The molecule has 3 atom stereocenters. The first-order valence-electron chi connectivity index (χ1n) is 11.9. The van der Waals surface area contributed by atoms with Gasteiger partial charge in [-0.05, 0) is 47.4 Å². The van der Waals surface area contributed by atoms with Gasteiger partial charge in [0.25, 0.3) is 0 Å². The van der Waals surface area contributed by atoms with Gasteiger partial charge in [0, 0.05) is 32.0 Å². The molecule has 0 aliphatic heterocycles. The highest BCUT2D eigenvalue weighted by atomic mass is 16.5. The second-order valence-corrected chi connectivity index (χ2v) is 9.56. The molecule has 0 heterocycles. The van der Waals surface area contributed by atoms with Crippen LogP contribution in [0.1, 0.15) is 49.7 Å². The number of amides is 2. The lowest BCUT2D eigenvalue weighted by molar-refractivity contribution is -0.142. The van der Waals surface area contributed by atoms with E-state index in [-0.39, 0.29) is 36.9 Å². The fourth-order valence-electron chi connectivity index (χ4n) is 5.19. The third kappa shape index (κ3) is 5.24. The van der Waals surface area contributed by atoms with E-state index in [1.807, 2.05) is 24.3 Å². The van der Waals surface area contributed by atoms with Crippen molar-refractivity contribution in [2.45, 2.75) is 44.6 Å². The number of nitrogens with zero attached hydrogens (tertiary/aromatic N) is 1. The van der Waals surface area contributed by atoms with Gasteiger partial charge in [-0.25, -0.2) is 4.79 Å². The highest BCUT2D eigenvalue weighted by molar-refractivity contribution is 5.79. The van der Waals surface area contributed by atoms with Crippen LogP contribution < -0.4 is 5.32 Å². The lowest BCUT2D eigenvalue weighted by Crippen LogP contribution is -2.35. The van der Waals surface area contributed by atoms with Crippen LogP contribution in [0, 0.1) is 11.8 Å². The lowest BCUT2D eigenvalue weighted by Gasteiger charge is -2.21. The quantitative estimate of drug-likeness (QED) is 0.609. The van der Waals surface area contributed by atoms with Gasteiger partial charge in [-0.3, -0.25) is 9.59 Å². The fraction of sp³-hybridized carbons (Fsp3) is 0.444. The second kappa shape index (κ2) is 10.3. The molecule has 1 unspecified atom stereocenters. The summed E-state index contributed by atoms with van der Waals surface area (Å²) < 4.78 is 5.64. The van der Waals surface area contributed by atoms with Gasteiger partial charge >= 0.3 is 12.1 Å². The molecule has 0 radical (unpaired) electrons. The summed E-state index contributed by atoms with van der Waals surface area (Å²) in [6.45, 7) is 2.07. The van der Waals surface area contributed by atoms with Crippen LogP contribution >= 0.6 is 0 Å². The molecule has 2 N–H and O–H groups in total. The van der Waals surface area contributed by atoms with Crippen molar-refractivity contribution in [3.05, 3.63) is 59.7 Å². The first kappa shape index (κ1) is 23.8. The van der Waals surface area contributed by atoms with E-state index in [2.05, 4.69) is 29.6 Å². The van der Waals surface area contributed by atoms with Gasteiger partial charge in [0.15, 0.2) is 0 Å². The molecule has 0 bridgehead atoms. The number of nitrogens with one attached hydrogen (secondary N) is 1. The van der Waals surface area contributed by atoms with Crippen molar-refractivity contribution in [3.63, 3.8) is 0 Å². The number of carboxylic acids is 1. The molecule has 4 rings (SSSR count). The molecule has 7 nitrogen and oxygen atoms in total. The minimum atomic E-state index is -0.909. The van der Waals surface area contributed by atoms with Crippen LogP contribution in [-0.2, 0) is 14.3 Å². The van der Waals surface area contributed by atoms with E-state index in [1.54, 1.807) is 14.0 Å². The predicted octanol–water partition coefficient (Wildman–Crippen LogP) is 4.26. The summed E-state index contributed by atoms with van der Waals surface area (Å²) in [6.07, 6.45) is 2.32. The summed E-state index contributed by atoms with van der Waals surface area (Å²) in [5.74, 6) is -1.36. The first-order chi connectivity index (χ1) is 16.3.